The summed E-state index contributed by atoms with van der Waals surface area (Å²) in [5.41, 5.74) is 0. The standard InChI is InChI=1S/C12H20O/c1-2-3-10-12(13)11-8-6-4-5-7-9-11/h3,10-11H,2,4-9H2,1H3/b10-3+. The summed E-state index contributed by atoms with van der Waals surface area (Å²) in [6.07, 6.45) is 12.1. The van der Waals surface area contributed by atoms with E-state index in [2.05, 4.69) is 6.92 Å². The van der Waals surface area contributed by atoms with Gasteiger partial charge in [-0.05, 0) is 25.3 Å². The first-order valence-corrected chi connectivity index (χ1v) is 5.55. The SMILES string of the molecule is CC/C=C/C(=O)C1CCCCCC1. The van der Waals surface area contributed by atoms with Gasteiger partial charge in [-0.15, -0.1) is 0 Å². The molecule has 1 aliphatic rings. The van der Waals surface area contributed by atoms with Crippen LogP contribution in [0.1, 0.15) is 51.9 Å². The van der Waals surface area contributed by atoms with Gasteiger partial charge in [0.15, 0.2) is 5.78 Å². The third-order valence-electron chi connectivity index (χ3n) is 2.78. The first kappa shape index (κ1) is 10.5. The van der Waals surface area contributed by atoms with Gasteiger partial charge in [0.25, 0.3) is 0 Å². The maximum atomic E-state index is 11.6. The fourth-order valence-electron chi connectivity index (χ4n) is 1.93. The average molecular weight is 180 g/mol. The number of ketones is 1. The molecule has 0 unspecified atom stereocenters. The summed E-state index contributed by atoms with van der Waals surface area (Å²) >= 11 is 0. The van der Waals surface area contributed by atoms with E-state index in [0.29, 0.717) is 11.7 Å². The molecule has 0 saturated heterocycles. The van der Waals surface area contributed by atoms with Crippen molar-refractivity contribution in [2.24, 2.45) is 5.92 Å². The van der Waals surface area contributed by atoms with Crippen LogP contribution in [0.2, 0.25) is 0 Å². The van der Waals surface area contributed by atoms with Crippen molar-refractivity contribution in [3.63, 3.8) is 0 Å². The molecule has 1 fully saturated rings. The van der Waals surface area contributed by atoms with Crippen molar-refractivity contribution in [3.8, 4) is 0 Å². The normalized spacial score (nSPS) is 20.4. The largest absolute Gasteiger partial charge is 0.295 e. The highest BCUT2D eigenvalue weighted by Crippen LogP contribution is 2.23. The van der Waals surface area contributed by atoms with Crippen LogP contribution < -0.4 is 0 Å². The molecular weight excluding hydrogens is 160 g/mol. The molecule has 1 rings (SSSR count). The molecule has 1 saturated carbocycles. The molecule has 13 heavy (non-hydrogen) atoms. The van der Waals surface area contributed by atoms with Gasteiger partial charge in [-0.1, -0.05) is 38.7 Å². The Labute approximate surface area is 81.2 Å². The Morgan fingerprint density at radius 3 is 2.38 bits per heavy atom. The highest BCUT2D eigenvalue weighted by molar-refractivity contribution is 5.91. The Kier molecular flexibility index (Phi) is 4.81. The van der Waals surface area contributed by atoms with Crippen molar-refractivity contribution in [2.75, 3.05) is 0 Å². The molecule has 1 nitrogen and oxygen atoms in total. The van der Waals surface area contributed by atoms with Crippen LogP contribution >= 0.6 is 0 Å². The molecule has 1 aliphatic carbocycles. The van der Waals surface area contributed by atoms with E-state index in [1.807, 2.05) is 6.08 Å². The lowest BCUT2D eigenvalue weighted by molar-refractivity contribution is -0.118. The van der Waals surface area contributed by atoms with Crippen LogP contribution in [0.25, 0.3) is 0 Å². The molecule has 74 valence electrons. The highest BCUT2D eigenvalue weighted by atomic mass is 16.1. The summed E-state index contributed by atoms with van der Waals surface area (Å²) in [4.78, 5) is 11.6. The molecule has 0 radical (unpaired) electrons. The lowest BCUT2D eigenvalue weighted by Crippen LogP contribution is -2.10. The van der Waals surface area contributed by atoms with Crippen molar-refractivity contribution in [3.05, 3.63) is 12.2 Å². The summed E-state index contributed by atoms with van der Waals surface area (Å²) < 4.78 is 0. The first-order valence-electron chi connectivity index (χ1n) is 5.55. The van der Waals surface area contributed by atoms with Crippen LogP contribution in [0.3, 0.4) is 0 Å². The van der Waals surface area contributed by atoms with Gasteiger partial charge in [-0.25, -0.2) is 0 Å². The van der Waals surface area contributed by atoms with E-state index in [1.54, 1.807) is 6.08 Å². The Bertz CT molecular complexity index is 174. The number of hydrogen-bond donors (Lipinski definition) is 0. The molecule has 0 bridgehead atoms. The third kappa shape index (κ3) is 3.75. The van der Waals surface area contributed by atoms with Crippen LogP contribution in [0, 0.1) is 5.92 Å². The number of hydrogen-bond acceptors (Lipinski definition) is 1. The average Bonchev–Trinajstić information content (AvgIpc) is 2.42. The fraction of sp³-hybridized carbons (Fsp3) is 0.750. The van der Waals surface area contributed by atoms with Crippen LogP contribution in [-0.2, 0) is 4.79 Å². The van der Waals surface area contributed by atoms with Gasteiger partial charge in [0.05, 0.1) is 0 Å². The lowest BCUT2D eigenvalue weighted by atomic mass is 9.95. The van der Waals surface area contributed by atoms with Crippen LogP contribution in [-0.4, -0.2) is 5.78 Å². The minimum atomic E-state index is 0.338. The molecule has 0 aromatic rings. The van der Waals surface area contributed by atoms with E-state index in [-0.39, 0.29) is 0 Å². The second kappa shape index (κ2) is 5.95. The van der Waals surface area contributed by atoms with E-state index in [4.69, 9.17) is 0 Å². The number of allylic oxidation sites excluding steroid dienone is 2. The zero-order valence-electron chi connectivity index (χ0n) is 8.59. The van der Waals surface area contributed by atoms with Gasteiger partial charge in [-0.2, -0.15) is 0 Å². The van der Waals surface area contributed by atoms with Gasteiger partial charge in [0.2, 0.25) is 0 Å². The summed E-state index contributed by atoms with van der Waals surface area (Å²) in [6.45, 7) is 2.07. The molecule has 0 heterocycles. The van der Waals surface area contributed by atoms with Gasteiger partial charge < -0.3 is 0 Å². The maximum Gasteiger partial charge on any atom is 0.158 e. The van der Waals surface area contributed by atoms with Gasteiger partial charge in [0.1, 0.15) is 0 Å². The first-order chi connectivity index (χ1) is 6.34. The van der Waals surface area contributed by atoms with E-state index < -0.39 is 0 Å². The minimum Gasteiger partial charge on any atom is -0.295 e. The van der Waals surface area contributed by atoms with E-state index in [1.165, 1.54) is 25.7 Å². The van der Waals surface area contributed by atoms with Crippen LogP contribution in [0.4, 0.5) is 0 Å². The minimum absolute atomic E-state index is 0.338. The third-order valence-corrected chi connectivity index (χ3v) is 2.78. The zero-order chi connectivity index (χ0) is 9.52. The second-order valence-electron chi connectivity index (χ2n) is 3.90. The Morgan fingerprint density at radius 1 is 1.23 bits per heavy atom. The Balaban J connectivity index is 2.39. The molecule has 0 aliphatic heterocycles. The molecule has 0 aromatic carbocycles. The van der Waals surface area contributed by atoms with Crippen molar-refractivity contribution in [2.45, 2.75) is 51.9 Å². The fourth-order valence-corrected chi connectivity index (χ4v) is 1.93. The van der Waals surface area contributed by atoms with Crippen molar-refractivity contribution in [1.29, 1.82) is 0 Å². The Morgan fingerprint density at radius 2 is 1.85 bits per heavy atom. The number of carbonyl (C=O) groups is 1. The highest BCUT2D eigenvalue weighted by Gasteiger charge is 2.17. The lowest BCUT2D eigenvalue weighted by Gasteiger charge is -2.08. The summed E-state index contributed by atoms with van der Waals surface area (Å²) in [6, 6.07) is 0. The predicted molar refractivity (Wildman–Crippen MR) is 55.6 cm³/mol. The van der Waals surface area contributed by atoms with E-state index in [0.717, 1.165) is 19.3 Å². The second-order valence-corrected chi connectivity index (χ2v) is 3.90. The summed E-state index contributed by atoms with van der Waals surface area (Å²) in [5.74, 6) is 0.703. The molecule has 0 N–H and O–H groups in total. The number of rotatable bonds is 3. The van der Waals surface area contributed by atoms with Crippen LogP contribution in [0.15, 0.2) is 12.2 Å². The molecule has 0 atom stereocenters. The van der Waals surface area contributed by atoms with Crippen molar-refractivity contribution < 1.29 is 4.79 Å². The molecule has 0 amide bonds. The quantitative estimate of drug-likeness (QED) is 0.480. The van der Waals surface area contributed by atoms with Crippen molar-refractivity contribution >= 4 is 5.78 Å². The molecule has 1 heteroatoms. The van der Waals surface area contributed by atoms with Gasteiger partial charge >= 0.3 is 0 Å². The smallest absolute Gasteiger partial charge is 0.158 e. The summed E-state index contributed by atoms with van der Waals surface area (Å²) in [5, 5.41) is 0. The van der Waals surface area contributed by atoms with Crippen LogP contribution in [0.5, 0.6) is 0 Å². The predicted octanol–water partition coefficient (Wildman–Crippen LogP) is 3.49. The van der Waals surface area contributed by atoms with Crippen molar-refractivity contribution in [1.82, 2.24) is 0 Å². The monoisotopic (exact) mass is 180 g/mol. The molecular formula is C12H20O. The zero-order valence-corrected chi connectivity index (χ0v) is 8.59. The summed E-state index contributed by atoms with van der Waals surface area (Å²) in [7, 11) is 0. The molecule has 0 aromatic heterocycles. The number of carbonyl (C=O) groups excluding carboxylic acids is 1. The van der Waals surface area contributed by atoms with Gasteiger partial charge in [0, 0.05) is 5.92 Å². The topological polar surface area (TPSA) is 17.1 Å². The van der Waals surface area contributed by atoms with Gasteiger partial charge in [-0.3, -0.25) is 4.79 Å². The van der Waals surface area contributed by atoms with E-state index >= 15 is 0 Å². The maximum absolute atomic E-state index is 11.6. The van der Waals surface area contributed by atoms with E-state index in [9.17, 15) is 4.79 Å². The Hall–Kier alpha value is -0.590. The molecule has 0 spiro atoms.